The van der Waals surface area contributed by atoms with Crippen LogP contribution in [0.4, 0.5) is 0 Å². The highest BCUT2D eigenvalue weighted by Crippen LogP contribution is 2.35. The molecule has 0 saturated carbocycles. The van der Waals surface area contributed by atoms with Crippen molar-refractivity contribution in [2.75, 3.05) is 0 Å². The van der Waals surface area contributed by atoms with Crippen molar-refractivity contribution in [1.29, 1.82) is 0 Å². The Labute approximate surface area is 199 Å². The summed E-state index contributed by atoms with van der Waals surface area (Å²) in [4.78, 5) is 7.02. The van der Waals surface area contributed by atoms with E-state index in [4.69, 9.17) is 5.10 Å². The summed E-state index contributed by atoms with van der Waals surface area (Å²) in [5.74, 6) is 0. The third-order valence-electron chi connectivity index (χ3n) is 5.48. The largest absolute Gasteiger partial charge is 0.304 e. The monoisotopic (exact) mass is 495 g/mol. The molecule has 5 rings (SSSR count). The number of nitrogens with zero attached hydrogens (tertiary/aromatic N) is 3. The van der Waals surface area contributed by atoms with Crippen LogP contribution in [0.3, 0.4) is 0 Å². The van der Waals surface area contributed by atoms with Crippen LogP contribution in [0.25, 0.3) is 32.6 Å². The molecule has 0 amide bonds. The van der Waals surface area contributed by atoms with Gasteiger partial charge in [0.1, 0.15) is 5.69 Å². The van der Waals surface area contributed by atoms with Gasteiger partial charge in [-0.25, -0.2) is 0 Å². The minimum absolute atomic E-state index is 0.0392. The van der Waals surface area contributed by atoms with Crippen molar-refractivity contribution < 1.29 is 13.0 Å². The van der Waals surface area contributed by atoms with Crippen LogP contribution >= 0.6 is 22.7 Å². The molecule has 0 radical (unpaired) electrons. The van der Waals surface area contributed by atoms with Crippen LogP contribution in [-0.2, 0) is 16.7 Å². The van der Waals surface area contributed by atoms with Gasteiger partial charge in [0, 0.05) is 21.8 Å². The second kappa shape index (κ2) is 8.18. The van der Waals surface area contributed by atoms with Crippen molar-refractivity contribution in [2.24, 2.45) is 0 Å². The molecule has 0 saturated heterocycles. The minimum Gasteiger partial charge on any atom is -0.281 e. The van der Waals surface area contributed by atoms with Crippen molar-refractivity contribution in [1.82, 2.24) is 14.8 Å². The second-order valence-electron chi connectivity index (χ2n) is 7.95. The van der Waals surface area contributed by atoms with Crippen molar-refractivity contribution in [3.63, 3.8) is 0 Å². The fourth-order valence-corrected chi connectivity index (χ4v) is 6.67. The summed E-state index contributed by atoms with van der Waals surface area (Å²) in [5.41, 5.74) is 6.17. The van der Waals surface area contributed by atoms with Gasteiger partial charge in [0.15, 0.2) is 4.21 Å². The Kier molecular flexibility index (Phi) is 5.44. The topological polar surface area (TPSA) is 85.1 Å². The van der Waals surface area contributed by atoms with E-state index in [0.717, 1.165) is 55.3 Å². The van der Waals surface area contributed by atoms with E-state index < -0.39 is 10.1 Å². The fourth-order valence-electron chi connectivity index (χ4n) is 4.06. The van der Waals surface area contributed by atoms with Gasteiger partial charge < -0.3 is 0 Å². The number of aryl methyl sites for hydroxylation is 3. The van der Waals surface area contributed by atoms with Gasteiger partial charge in [0.25, 0.3) is 0 Å². The Morgan fingerprint density at radius 2 is 1.79 bits per heavy atom. The average molecular weight is 496 g/mol. The van der Waals surface area contributed by atoms with Crippen LogP contribution in [0.5, 0.6) is 0 Å². The molecule has 0 aliphatic rings. The van der Waals surface area contributed by atoms with Gasteiger partial charge in [0.05, 0.1) is 22.3 Å². The summed E-state index contributed by atoms with van der Waals surface area (Å²) < 4.78 is 34.7. The van der Waals surface area contributed by atoms with Gasteiger partial charge in [-0.3, -0.25) is 14.2 Å². The molecule has 1 N–H and O–H groups in total. The predicted octanol–water partition coefficient (Wildman–Crippen LogP) is 6.11. The maximum Gasteiger partial charge on any atom is 0.304 e. The highest BCUT2D eigenvalue weighted by molar-refractivity contribution is 7.88. The predicted molar refractivity (Wildman–Crippen MR) is 134 cm³/mol. The molecule has 4 heterocycles. The summed E-state index contributed by atoms with van der Waals surface area (Å²) in [7, 11) is -4.25. The summed E-state index contributed by atoms with van der Waals surface area (Å²) in [6, 6.07) is 15.7. The van der Waals surface area contributed by atoms with Crippen LogP contribution in [0.1, 0.15) is 21.8 Å². The summed E-state index contributed by atoms with van der Waals surface area (Å²) in [6.45, 7) is 6.67. The number of hydrogen-bond donors (Lipinski definition) is 1. The zero-order valence-corrected chi connectivity index (χ0v) is 20.7. The molecule has 0 aliphatic heterocycles. The minimum atomic E-state index is -4.25. The van der Waals surface area contributed by atoms with E-state index in [1.807, 2.05) is 42.8 Å². The van der Waals surface area contributed by atoms with Gasteiger partial charge in [-0.2, -0.15) is 13.5 Å². The third kappa shape index (κ3) is 4.13. The highest BCUT2D eigenvalue weighted by atomic mass is 32.3. The molecule has 9 heteroatoms. The summed E-state index contributed by atoms with van der Waals surface area (Å²) >= 11 is 2.73. The molecule has 0 aliphatic carbocycles. The number of pyridine rings is 1. The fraction of sp³-hybridized carbons (Fsp3) is 0.167. The number of aromatic nitrogens is 3. The first-order chi connectivity index (χ1) is 15.7. The molecule has 0 bridgehead atoms. The molecule has 1 aromatic carbocycles. The van der Waals surface area contributed by atoms with Crippen molar-refractivity contribution in [3.05, 3.63) is 75.7 Å². The van der Waals surface area contributed by atoms with Gasteiger partial charge in [-0.1, -0.05) is 24.3 Å². The van der Waals surface area contributed by atoms with Crippen LogP contribution in [-0.4, -0.2) is 27.7 Å². The molecular formula is C24H21N3O3S3. The Balaban J connectivity index is 1.54. The molecule has 33 heavy (non-hydrogen) atoms. The zero-order chi connectivity index (χ0) is 23.3. The van der Waals surface area contributed by atoms with E-state index in [9.17, 15) is 13.0 Å². The molecule has 168 valence electrons. The van der Waals surface area contributed by atoms with E-state index in [2.05, 4.69) is 30.1 Å². The number of rotatable bonds is 5. The van der Waals surface area contributed by atoms with Gasteiger partial charge in [-0.15, -0.1) is 22.7 Å². The quantitative estimate of drug-likeness (QED) is 0.297. The Morgan fingerprint density at radius 3 is 2.45 bits per heavy atom. The number of fused-ring (bicyclic) bond motifs is 1. The lowest BCUT2D eigenvalue weighted by atomic mass is 10.1. The van der Waals surface area contributed by atoms with E-state index in [1.165, 1.54) is 4.88 Å². The maximum atomic E-state index is 11.6. The lowest BCUT2D eigenvalue weighted by Crippen LogP contribution is -2.02. The SMILES string of the molecule is Cc1cc2c(c(C)n1)c(-c1ccc(C)s1)nn2Cc1ccc(-c2ccsc2S(=O)(=O)O)cc1. The molecule has 0 atom stereocenters. The number of hydrogen-bond acceptors (Lipinski definition) is 6. The van der Waals surface area contributed by atoms with E-state index >= 15 is 0 Å². The standard InChI is InChI=1S/C24H21N3O3S3/c1-14-12-20-22(16(3)25-14)23(21-9-4-15(2)32-21)26-27(20)13-17-5-7-18(8-6-17)19-10-11-31-24(19)33(28,29)30/h4-12H,13H2,1-3H3,(H,28,29,30). The summed E-state index contributed by atoms with van der Waals surface area (Å²) in [5, 5.41) is 7.69. The van der Waals surface area contributed by atoms with E-state index in [1.54, 1.807) is 22.8 Å². The molecule has 5 aromatic rings. The van der Waals surface area contributed by atoms with Crippen LogP contribution in [0, 0.1) is 20.8 Å². The lowest BCUT2D eigenvalue weighted by molar-refractivity contribution is 0.486. The van der Waals surface area contributed by atoms with Crippen molar-refractivity contribution in [3.8, 4) is 21.7 Å². The highest BCUT2D eigenvalue weighted by Gasteiger charge is 2.19. The third-order valence-corrected chi connectivity index (χ3v) is 8.80. The molecule has 0 fully saturated rings. The van der Waals surface area contributed by atoms with Gasteiger partial charge in [0.2, 0.25) is 0 Å². The Bertz CT molecular complexity index is 1590. The Morgan fingerprint density at radius 1 is 1.03 bits per heavy atom. The summed E-state index contributed by atoms with van der Waals surface area (Å²) in [6.07, 6.45) is 0. The van der Waals surface area contributed by atoms with Crippen LogP contribution < -0.4 is 0 Å². The number of thiophene rings is 2. The normalized spacial score (nSPS) is 12.0. The molecule has 0 unspecified atom stereocenters. The molecule has 6 nitrogen and oxygen atoms in total. The first-order valence-electron chi connectivity index (χ1n) is 10.3. The van der Waals surface area contributed by atoms with Crippen molar-refractivity contribution in [2.45, 2.75) is 31.5 Å². The maximum absolute atomic E-state index is 11.6. The van der Waals surface area contributed by atoms with Crippen LogP contribution in [0.15, 0.2) is 58.1 Å². The van der Waals surface area contributed by atoms with Crippen molar-refractivity contribution >= 4 is 43.7 Å². The van der Waals surface area contributed by atoms with E-state index in [-0.39, 0.29) is 4.21 Å². The second-order valence-corrected chi connectivity index (χ2v) is 11.8. The lowest BCUT2D eigenvalue weighted by Gasteiger charge is -2.07. The first-order valence-corrected chi connectivity index (χ1v) is 13.4. The molecule has 0 spiro atoms. The zero-order valence-electron chi connectivity index (χ0n) is 18.2. The smallest absolute Gasteiger partial charge is 0.281 e. The van der Waals surface area contributed by atoms with Gasteiger partial charge >= 0.3 is 10.1 Å². The van der Waals surface area contributed by atoms with Crippen LogP contribution in [0.2, 0.25) is 0 Å². The first kappa shape index (κ1) is 22.0. The molecule has 4 aromatic heterocycles. The molecular weight excluding hydrogens is 474 g/mol. The van der Waals surface area contributed by atoms with Gasteiger partial charge in [-0.05, 0) is 61.5 Å². The number of benzene rings is 1. The average Bonchev–Trinajstić information content (AvgIpc) is 3.47. The van der Waals surface area contributed by atoms with E-state index in [0.29, 0.717) is 12.1 Å². The Hall–Kier alpha value is -2.85.